The second-order valence-electron chi connectivity index (χ2n) is 9.59. The van der Waals surface area contributed by atoms with Gasteiger partial charge in [-0.15, -0.1) is 0 Å². The maximum atomic E-state index is 13.6. The van der Waals surface area contributed by atoms with E-state index in [0.717, 1.165) is 11.1 Å². The van der Waals surface area contributed by atoms with Gasteiger partial charge in [-0.3, -0.25) is 0 Å². The Balaban J connectivity index is 1.51. The molecule has 0 aliphatic carbocycles. The Morgan fingerprint density at radius 2 is 1.29 bits per heavy atom. The molecule has 208 valence electrons. The summed E-state index contributed by atoms with van der Waals surface area (Å²) in [5.74, 6) is -1.26. The van der Waals surface area contributed by atoms with Crippen molar-refractivity contribution in [1.82, 2.24) is 5.32 Å². The SMILES string of the molecule is CC1=C(C(=O)OCc2ccccc2)C(c2ccc(-c3cc(Cl)ccc3Cl)o2)C(C(=O)OCc2ccccc2)=C(C)N1. The third kappa shape index (κ3) is 6.40. The Morgan fingerprint density at radius 3 is 1.83 bits per heavy atom. The lowest BCUT2D eigenvalue weighted by atomic mass is 9.83. The highest BCUT2D eigenvalue weighted by atomic mass is 35.5. The topological polar surface area (TPSA) is 77.8 Å². The van der Waals surface area contributed by atoms with E-state index in [1.54, 1.807) is 44.2 Å². The Bertz CT molecular complexity index is 1560. The van der Waals surface area contributed by atoms with Crippen molar-refractivity contribution in [1.29, 1.82) is 0 Å². The average Bonchev–Trinajstić information content (AvgIpc) is 3.46. The average molecular weight is 588 g/mol. The van der Waals surface area contributed by atoms with Gasteiger partial charge in [0, 0.05) is 22.0 Å². The molecule has 0 unspecified atom stereocenters. The predicted molar refractivity (Wildman–Crippen MR) is 158 cm³/mol. The quantitative estimate of drug-likeness (QED) is 0.210. The number of hydrogen-bond acceptors (Lipinski definition) is 6. The number of carbonyl (C=O) groups excluding carboxylic acids is 2. The summed E-state index contributed by atoms with van der Waals surface area (Å²) in [4.78, 5) is 27.2. The van der Waals surface area contributed by atoms with Crippen LogP contribution in [0.4, 0.5) is 0 Å². The van der Waals surface area contributed by atoms with Gasteiger partial charge in [-0.25, -0.2) is 9.59 Å². The van der Waals surface area contributed by atoms with Gasteiger partial charge in [0.2, 0.25) is 0 Å². The van der Waals surface area contributed by atoms with Crippen LogP contribution in [-0.2, 0) is 32.3 Å². The first-order valence-electron chi connectivity index (χ1n) is 13.0. The molecule has 0 fully saturated rings. The fourth-order valence-corrected chi connectivity index (χ4v) is 5.14. The van der Waals surface area contributed by atoms with Gasteiger partial charge >= 0.3 is 11.9 Å². The molecule has 1 aliphatic rings. The molecule has 3 aromatic carbocycles. The van der Waals surface area contributed by atoms with Crippen molar-refractivity contribution in [3.8, 4) is 11.3 Å². The molecular formula is C33H27Cl2NO5. The van der Waals surface area contributed by atoms with E-state index >= 15 is 0 Å². The zero-order valence-electron chi connectivity index (χ0n) is 22.4. The van der Waals surface area contributed by atoms with Crippen LogP contribution in [0.5, 0.6) is 0 Å². The highest BCUT2D eigenvalue weighted by Gasteiger charge is 2.40. The number of hydrogen-bond donors (Lipinski definition) is 1. The smallest absolute Gasteiger partial charge is 0.337 e. The maximum absolute atomic E-state index is 13.6. The molecule has 5 rings (SSSR count). The van der Waals surface area contributed by atoms with Gasteiger partial charge in [-0.2, -0.15) is 0 Å². The molecule has 0 amide bonds. The van der Waals surface area contributed by atoms with Gasteiger partial charge in [0.05, 0.1) is 22.1 Å². The summed E-state index contributed by atoms with van der Waals surface area (Å²) in [5, 5.41) is 4.11. The summed E-state index contributed by atoms with van der Waals surface area (Å²) < 4.78 is 17.7. The van der Waals surface area contributed by atoms with E-state index in [-0.39, 0.29) is 24.4 Å². The third-order valence-electron chi connectivity index (χ3n) is 6.73. The Kier molecular flexibility index (Phi) is 8.62. The molecule has 2 heterocycles. The van der Waals surface area contributed by atoms with Crippen molar-refractivity contribution >= 4 is 35.1 Å². The minimum atomic E-state index is -0.894. The Labute approximate surface area is 248 Å². The lowest BCUT2D eigenvalue weighted by Crippen LogP contribution is -2.32. The zero-order chi connectivity index (χ0) is 28.9. The molecule has 0 saturated carbocycles. The molecule has 1 N–H and O–H groups in total. The van der Waals surface area contributed by atoms with E-state index in [1.807, 2.05) is 60.7 Å². The van der Waals surface area contributed by atoms with Crippen LogP contribution in [0.25, 0.3) is 11.3 Å². The summed E-state index contributed by atoms with van der Waals surface area (Å²) in [7, 11) is 0. The molecule has 0 spiro atoms. The summed E-state index contributed by atoms with van der Waals surface area (Å²) >= 11 is 12.6. The standard InChI is InChI=1S/C33H27Cl2NO5/c1-20-29(32(37)39-18-22-9-5-3-6-10-22)31(28-16-15-27(41-28)25-17-24(34)13-14-26(25)35)30(21(2)36-20)33(38)40-19-23-11-7-4-8-12-23/h3-17,31,36H,18-19H2,1-2H3. The number of benzene rings is 3. The van der Waals surface area contributed by atoms with E-state index < -0.39 is 17.9 Å². The van der Waals surface area contributed by atoms with Crippen molar-refractivity contribution in [3.63, 3.8) is 0 Å². The molecule has 0 atom stereocenters. The first-order valence-corrected chi connectivity index (χ1v) is 13.7. The first kappa shape index (κ1) is 28.3. The monoisotopic (exact) mass is 587 g/mol. The van der Waals surface area contributed by atoms with Crippen LogP contribution >= 0.6 is 23.2 Å². The number of halogens is 2. The van der Waals surface area contributed by atoms with Gasteiger partial charge in [-0.1, -0.05) is 83.9 Å². The number of esters is 2. The van der Waals surface area contributed by atoms with Crippen LogP contribution in [0.2, 0.25) is 10.0 Å². The van der Waals surface area contributed by atoms with Gasteiger partial charge in [0.15, 0.2) is 0 Å². The molecule has 0 bridgehead atoms. The number of allylic oxidation sites excluding steroid dienone is 2. The van der Waals surface area contributed by atoms with Crippen LogP contribution in [0.1, 0.15) is 36.7 Å². The number of ether oxygens (including phenoxy) is 2. The van der Waals surface area contributed by atoms with Crippen molar-refractivity contribution in [2.45, 2.75) is 33.0 Å². The minimum absolute atomic E-state index is 0.0706. The predicted octanol–water partition coefficient (Wildman–Crippen LogP) is 7.98. The van der Waals surface area contributed by atoms with Gasteiger partial charge < -0.3 is 19.2 Å². The van der Waals surface area contributed by atoms with Crippen molar-refractivity contribution in [2.75, 3.05) is 0 Å². The highest BCUT2D eigenvalue weighted by molar-refractivity contribution is 6.35. The molecule has 0 saturated heterocycles. The van der Waals surface area contributed by atoms with Crippen molar-refractivity contribution in [3.05, 3.63) is 140 Å². The van der Waals surface area contributed by atoms with E-state index in [9.17, 15) is 9.59 Å². The first-order chi connectivity index (χ1) is 19.8. The summed E-state index contributed by atoms with van der Waals surface area (Å²) in [6, 6.07) is 27.3. The lowest BCUT2D eigenvalue weighted by Gasteiger charge is -2.29. The van der Waals surface area contributed by atoms with Gasteiger partial charge in [0.25, 0.3) is 0 Å². The minimum Gasteiger partial charge on any atom is -0.460 e. The van der Waals surface area contributed by atoms with Crippen LogP contribution < -0.4 is 5.32 Å². The second kappa shape index (κ2) is 12.5. The summed E-state index contributed by atoms with van der Waals surface area (Å²) in [5.41, 5.74) is 3.84. The molecule has 8 heteroatoms. The fraction of sp³-hybridized carbons (Fsp3) is 0.152. The van der Waals surface area contributed by atoms with Crippen molar-refractivity contribution in [2.24, 2.45) is 0 Å². The molecule has 0 radical (unpaired) electrons. The molecular weight excluding hydrogens is 561 g/mol. The van der Waals surface area contributed by atoms with E-state index in [0.29, 0.717) is 38.5 Å². The Hall–Kier alpha value is -4.26. The highest BCUT2D eigenvalue weighted by Crippen LogP contribution is 2.42. The fourth-order valence-electron chi connectivity index (χ4n) is 4.76. The van der Waals surface area contributed by atoms with Crippen molar-refractivity contribution < 1.29 is 23.5 Å². The second-order valence-corrected chi connectivity index (χ2v) is 10.4. The third-order valence-corrected chi connectivity index (χ3v) is 7.30. The van der Waals surface area contributed by atoms with E-state index in [4.69, 9.17) is 37.1 Å². The van der Waals surface area contributed by atoms with E-state index in [1.165, 1.54) is 0 Å². The van der Waals surface area contributed by atoms with Gasteiger partial charge in [-0.05, 0) is 55.3 Å². The lowest BCUT2D eigenvalue weighted by molar-refractivity contribution is -0.141. The number of furan rings is 1. The number of carbonyl (C=O) groups is 2. The summed E-state index contributed by atoms with van der Waals surface area (Å²) in [6.07, 6.45) is 0. The largest absolute Gasteiger partial charge is 0.460 e. The number of rotatable bonds is 8. The maximum Gasteiger partial charge on any atom is 0.337 e. The number of nitrogens with one attached hydrogen (secondary N) is 1. The van der Waals surface area contributed by atoms with Gasteiger partial charge in [0.1, 0.15) is 24.7 Å². The summed E-state index contributed by atoms with van der Waals surface area (Å²) in [6.45, 7) is 3.67. The molecule has 4 aromatic rings. The zero-order valence-corrected chi connectivity index (χ0v) is 24.0. The van der Waals surface area contributed by atoms with Crippen LogP contribution in [0, 0.1) is 0 Å². The Morgan fingerprint density at radius 1 is 0.756 bits per heavy atom. The normalized spacial score (nSPS) is 13.7. The molecule has 41 heavy (non-hydrogen) atoms. The van der Waals surface area contributed by atoms with Crippen LogP contribution in [0.15, 0.2) is 118 Å². The van der Waals surface area contributed by atoms with Crippen LogP contribution in [-0.4, -0.2) is 11.9 Å². The number of dihydropyridines is 1. The molecule has 1 aliphatic heterocycles. The molecule has 6 nitrogen and oxygen atoms in total. The van der Waals surface area contributed by atoms with E-state index in [2.05, 4.69) is 5.32 Å². The van der Waals surface area contributed by atoms with Crippen LogP contribution in [0.3, 0.4) is 0 Å². The molecule has 1 aromatic heterocycles.